The molecule has 3 nitrogen and oxygen atoms in total. The monoisotopic (exact) mass is 157 g/mol. The number of nitriles is 2. The van der Waals surface area contributed by atoms with Gasteiger partial charge in [0.25, 0.3) is 0 Å². The molecule has 0 amide bonds. The van der Waals surface area contributed by atoms with Gasteiger partial charge in [-0.3, -0.25) is 0 Å². The quantitative estimate of drug-likeness (QED) is 0.264. The van der Waals surface area contributed by atoms with Gasteiger partial charge < -0.3 is 6.15 Å². The van der Waals surface area contributed by atoms with Gasteiger partial charge in [0, 0.05) is 21.6 Å². The van der Waals surface area contributed by atoms with Gasteiger partial charge in [0.2, 0.25) is 0 Å². The van der Waals surface area contributed by atoms with Gasteiger partial charge in [0.15, 0.2) is 0 Å². The summed E-state index contributed by atoms with van der Waals surface area (Å²) < 4.78 is 0. The van der Waals surface area contributed by atoms with Crippen LogP contribution in [0.25, 0.3) is 0 Å². The van der Waals surface area contributed by atoms with E-state index in [1.165, 1.54) is 0 Å². The van der Waals surface area contributed by atoms with Crippen molar-refractivity contribution in [2.24, 2.45) is 0 Å². The van der Waals surface area contributed by atoms with Gasteiger partial charge in [-0.05, 0) is 0 Å². The average Bonchev–Trinajstić information content (AvgIpc) is 1.61. The van der Waals surface area contributed by atoms with Crippen molar-refractivity contribution in [1.82, 2.24) is 6.15 Å². The predicted molar refractivity (Wildman–Crippen MR) is 38.6 cm³/mol. The summed E-state index contributed by atoms with van der Waals surface area (Å²) >= 11 is 0. The van der Waals surface area contributed by atoms with Crippen LogP contribution in [0.2, 0.25) is 0 Å². The Labute approximate surface area is 78.1 Å². The van der Waals surface area contributed by atoms with E-state index in [-0.39, 0.29) is 35.7 Å². The van der Waals surface area contributed by atoms with Crippen molar-refractivity contribution in [2.75, 3.05) is 0 Å². The summed E-state index contributed by atoms with van der Waals surface area (Å²) in [6.45, 7) is 0. The molecule has 3 N–H and O–H groups in total. The second-order valence-electron chi connectivity index (χ2n) is 0.349. The van der Waals surface area contributed by atoms with Crippen LogP contribution in [0, 0.1) is 21.3 Å². The topological polar surface area (TPSA) is 82.6 Å². The molecule has 0 aromatic carbocycles. The molecule has 0 aliphatic carbocycles. The summed E-state index contributed by atoms with van der Waals surface area (Å²) in [5, 5.41) is 18.9. The van der Waals surface area contributed by atoms with Crippen molar-refractivity contribution in [1.29, 1.82) is 10.5 Å². The first-order chi connectivity index (χ1) is 2.91. The van der Waals surface area contributed by atoms with Crippen LogP contribution in [-0.2, 0) is 0 Å². The molecule has 40 valence electrons. The van der Waals surface area contributed by atoms with E-state index >= 15 is 0 Å². The molecule has 0 unspecified atom stereocenters. The molecule has 6 heteroatoms. The van der Waals surface area contributed by atoms with Gasteiger partial charge in [-0.2, -0.15) is 10.5 Å². The van der Waals surface area contributed by atoms with Crippen molar-refractivity contribution >= 4 is 51.1 Å². The first-order valence-corrected chi connectivity index (χ1v) is 3.17. The second-order valence-corrected chi connectivity index (χ2v) is 2.05. The van der Waals surface area contributed by atoms with Gasteiger partial charge in [0.1, 0.15) is 10.8 Å². The van der Waals surface area contributed by atoms with Gasteiger partial charge in [-0.1, -0.05) is 0 Å². The number of hydrogen-bond donors (Lipinski definition) is 1. The maximum atomic E-state index is 7.74. The van der Waals surface area contributed by atoms with Gasteiger partial charge in [-0.15, -0.1) is 0 Å². The zero-order valence-electron chi connectivity index (χ0n) is 3.42. The third-order valence-corrected chi connectivity index (χ3v) is 1.05. The van der Waals surface area contributed by atoms with Crippen molar-refractivity contribution in [3.63, 3.8) is 0 Å². The Balaban J connectivity index is -0.000000125. The molecule has 0 aliphatic heterocycles. The van der Waals surface area contributed by atoms with Gasteiger partial charge in [-0.25, -0.2) is 0 Å². The van der Waals surface area contributed by atoms with Crippen molar-refractivity contribution < 1.29 is 0 Å². The van der Waals surface area contributed by atoms with E-state index in [1.54, 1.807) is 10.8 Å². The fourth-order valence-electron chi connectivity index (χ4n) is 0.0373. The fourth-order valence-corrected chi connectivity index (χ4v) is 0.335. The third kappa shape index (κ3) is 15.9. The van der Waals surface area contributed by atoms with Crippen LogP contribution in [-0.4, -0.2) is 29.6 Å². The minimum absolute atomic E-state index is 0. The predicted octanol–water partition coefficient (Wildman–Crippen LogP) is 0.843. The van der Waals surface area contributed by atoms with E-state index in [2.05, 4.69) is 0 Å². The van der Waals surface area contributed by atoms with E-state index in [1.807, 2.05) is 0 Å². The molecule has 0 bridgehead atoms. The number of nitrogens with zero attached hydrogens (tertiary/aromatic N) is 2. The summed E-state index contributed by atoms with van der Waals surface area (Å²) in [5.74, 6) is 0. The van der Waals surface area contributed by atoms with Crippen LogP contribution in [0.15, 0.2) is 0 Å². The van der Waals surface area contributed by atoms with Gasteiger partial charge in [0.05, 0.1) is 0 Å². The molecular weight excluding hydrogens is 153 g/mol. The zero-order valence-corrected chi connectivity index (χ0v) is 5.05. The Hall–Kier alpha value is 0.640. The summed E-state index contributed by atoms with van der Waals surface area (Å²) in [6, 6.07) is 0. The molecule has 0 aromatic rings. The molecule has 0 rings (SSSR count). The van der Waals surface area contributed by atoms with Crippen molar-refractivity contribution in [3.05, 3.63) is 0 Å². The molecule has 8 heavy (non-hydrogen) atoms. The van der Waals surface area contributed by atoms with Crippen LogP contribution in [0.3, 0.4) is 0 Å². The Morgan fingerprint density at radius 1 is 1.00 bits per heavy atom. The van der Waals surface area contributed by atoms with E-state index in [4.69, 9.17) is 10.5 Å². The SMILES string of the molecule is N.N#CSSC#N.[NaH]. The number of thiocyanates is 2. The molecular formula is C2H4N3NaS2. The Morgan fingerprint density at radius 2 is 1.25 bits per heavy atom. The summed E-state index contributed by atoms with van der Waals surface area (Å²) in [5.41, 5.74) is 0. The van der Waals surface area contributed by atoms with Crippen LogP contribution < -0.4 is 6.15 Å². The Kier molecular flexibility index (Phi) is 31.0. The molecule has 0 saturated heterocycles. The zero-order chi connectivity index (χ0) is 4.83. The Bertz CT molecular complexity index is 88.8. The molecule has 0 saturated carbocycles. The van der Waals surface area contributed by atoms with E-state index < -0.39 is 0 Å². The molecule has 0 aromatic heterocycles. The van der Waals surface area contributed by atoms with Crippen LogP contribution in [0.5, 0.6) is 0 Å². The summed E-state index contributed by atoms with van der Waals surface area (Å²) in [6.07, 6.45) is 0. The standard InChI is InChI=1S/C2N2S2.H3N.Na.H/c3-1-5-6-2-4;;;/h;1H3;;. The van der Waals surface area contributed by atoms with Crippen LogP contribution >= 0.6 is 21.6 Å². The maximum absolute atomic E-state index is 7.74. The molecule has 0 fully saturated rings. The molecule has 0 aliphatic rings. The van der Waals surface area contributed by atoms with Gasteiger partial charge >= 0.3 is 29.6 Å². The molecule has 0 spiro atoms. The average molecular weight is 157 g/mol. The molecule has 0 radical (unpaired) electrons. The first-order valence-electron chi connectivity index (χ1n) is 1.02. The third-order valence-electron chi connectivity index (χ3n) is 0.116. The fraction of sp³-hybridized carbons (Fsp3) is 0. The van der Waals surface area contributed by atoms with Crippen LogP contribution in [0.1, 0.15) is 0 Å². The molecule has 0 atom stereocenters. The van der Waals surface area contributed by atoms with Crippen molar-refractivity contribution in [3.8, 4) is 10.8 Å². The molecule has 0 heterocycles. The van der Waals surface area contributed by atoms with E-state index in [9.17, 15) is 0 Å². The first kappa shape index (κ1) is 15.9. The second kappa shape index (κ2) is 15.6. The number of hydrogen-bond acceptors (Lipinski definition) is 5. The number of rotatable bonds is 1. The summed E-state index contributed by atoms with van der Waals surface area (Å²) in [4.78, 5) is 0. The summed E-state index contributed by atoms with van der Waals surface area (Å²) in [7, 11) is 1.74. The normalized spacial score (nSPS) is 4.25. The minimum atomic E-state index is 0. The van der Waals surface area contributed by atoms with E-state index in [0.717, 1.165) is 21.6 Å². The Morgan fingerprint density at radius 3 is 1.38 bits per heavy atom. The van der Waals surface area contributed by atoms with E-state index in [0.29, 0.717) is 0 Å². The van der Waals surface area contributed by atoms with Crippen LogP contribution in [0.4, 0.5) is 0 Å². The van der Waals surface area contributed by atoms with Crippen molar-refractivity contribution in [2.45, 2.75) is 0 Å².